The Balaban J connectivity index is 1.28. The highest BCUT2D eigenvalue weighted by Crippen LogP contribution is 2.18. The van der Waals surface area contributed by atoms with E-state index in [1.54, 1.807) is 35.7 Å². The summed E-state index contributed by atoms with van der Waals surface area (Å²) in [5.74, 6) is 1.56. The van der Waals surface area contributed by atoms with Crippen LogP contribution in [0.4, 0.5) is 5.82 Å². The van der Waals surface area contributed by atoms with Gasteiger partial charge in [-0.2, -0.15) is 5.10 Å². The van der Waals surface area contributed by atoms with Gasteiger partial charge in [0.2, 0.25) is 0 Å². The molecule has 5 rings (SSSR count). The van der Waals surface area contributed by atoms with Crippen molar-refractivity contribution in [3.63, 3.8) is 0 Å². The van der Waals surface area contributed by atoms with Crippen LogP contribution in [-0.4, -0.2) is 66.7 Å². The molecule has 0 aliphatic carbocycles. The Labute approximate surface area is 166 Å². The van der Waals surface area contributed by atoms with E-state index in [0.29, 0.717) is 31.7 Å². The van der Waals surface area contributed by atoms with Gasteiger partial charge in [-0.05, 0) is 24.3 Å². The van der Waals surface area contributed by atoms with E-state index in [-0.39, 0.29) is 5.91 Å². The average molecular weight is 386 g/mol. The fraction of sp³-hybridized carbons (Fsp3) is 0.200. The summed E-state index contributed by atoms with van der Waals surface area (Å²) < 4.78 is 1.70. The fourth-order valence-corrected chi connectivity index (χ4v) is 3.46. The molecule has 1 amide bonds. The van der Waals surface area contributed by atoms with Gasteiger partial charge >= 0.3 is 0 Å². The number of carbonyl (C=O) groups excluding carboxylic acids is 1. The van der Waals surface area contributed by atoms with Crippen molar-refractivity contribution in [2.24, 2.45) is 0 Å². The zero-order chi connectivity index (χ0) is 19.6. The summed E-state index contributed by atoms with van der Waals surface area (Å²) in [4.78, 5) is 34.1. The predicted molar refractivity (Wildman–Crippen MR) is 107 cm³/mol. The number of piperazine rings is 1. The Kier molecular flexibility index (Phi) is 4.32. The maximum atomic E-state index is 12.9. The minimum absolute atomic E-state index is 0.0112. The molecule has 9 heteroatoms. The van der Waals surface area contributed by atoms with Gasteiger partial charge in [-0.15, -0.1) is 0 Å². The van der Waals surface area contributed by atoms with Crippen LogP contribution < -0.4 is 4.90 Å². The smallest absolute Gasteiger partial charge is 0.254 e. The number of amides is 1. The minimum Gasteiger partial charge on any atom is -0.353 e. The number of benzene rings is 1. The molecule has 0 bridgehead atoms. The van der Waals surface area contributed by atoms with Gasteiger partial charge in [-0.1, -0.05) is 0 Å². The molecule has 1 aliphatic heterocycles. The number of carbonyl (C=O) groups is 1. The SMILES string of the molecule is O=C(c1ccc2nccnc2c1)N1CCN(c2cc(-n3cccn3)ncn2)CC1. The van der Waals surface area contributed by atoms with Gasteiger partial charge < -0.3 is 9.80 Å². The normalized spacial score (nSPS) is 14.3. The molecule has 3 aromatic heterocycles. The van der Waals surface area contributed by atoms with Crippen molar-refractivity contribution in [3.8, 4) is 5.82 Å². The number of aromatic nitrogens is 6. The maximum absolute atomic E-state index is 12.9. The molecule has 0 saturated carbocycles. The molecule has 1 aliphatic rings. The zero-order valence-electron chi connectivity index (χ0n) is 15.6. The van der Waals surface area contributed by atoms with Crippen molar-refractivity contribution in [1.82, 2.24) is 34.6 Å². The molecule has 0 unspecified atom stereocenters. The number of hydrogen-bond acceptors (Lipinski definition) is 7. The number of fused-ring (bicyclic) bond motifs is 1. The first kappa shape index (κ1) is 17.2. The highest BCUT2D eigenvalue weighted by atomic mass is 16.2. The second-order valence-electron chi connectivity index (χ2n) is 6.72. The van der Waals surface area contributed by atoms with Crippen LogP contribution in [0.2, 0.25) is 0 Å². The summed E-state index contributed by atoms with van der Waals surface area (Å²) in [7, 11) is 0. The van der Waals surface area contributed by atoms with Crippen LogP contribution in [0.15, 0.2) is 61.4 Å². The molecule has 29 heavy (non-hydrogen) atoms. The molecule has 1 fully saturated rings. The Morgan fingerprint density at radius 2 is 1.62 bits per heavy atom. The van der Waals surface area contributed by atoms with E-state index in [9.17, 15) is 4.79 Å². The van der Waals surface area contributed by atoms with Crippen molar-refractivity contribution >= 4 is 22.8 Å². The minimum atomic E-state index is 0.0112. The van der Waals surface area contributed by atoms with Gasteiger partial charge in [0.1, 0.15) is 12.1 Å². The lowest BCUT2D eigenvalue weighted by Crippen LogP contribution is -2.49. The largest absolute Gasteiger partial charge is 0.353 e. The lowest BCUT2D eigenvalue weighted by atomic mass is 10.1. The van der Waals surface area contributed by atoms with E-state index in [1.807, 2.05) is 35.4 Å². The quantitative estimate of drug-likeness (QED) is 0.528. The van der Waals surface area contributed by atoms with Crippen LogP contribution in [0.25, 0.3) is 16.9 Å². The molecule has 0 radical (unpaired) electrons. The first-order chi connectivity index (χ1) is 14.3. The lowest BCUT2D eigenvalue weighted by Gasteiger charge is -2.35. The van der Waals surface area contributed by atoms with Crippen molar-refractivity contribution in [3.05, 3.63) is 67.0 Å². The van der Waals surface area contributed by atoms with Gasteiger partial charge in [0.25, 0.3) is 5.91 Å². The van der Waals surface area contributed by atoms with E-state index in [2.05, 4.69) is 29.9 Å². The third-order valence-electron chi connectivity index (χ3n) is 4.98. The Morgan fingerprint density at radius 1 is 0.828 bits per heavy atom. The second-order valence-corrected chi connectivity index (χ2v) is 6.72. The lowest BCUT2D eigenvalue weighted by molar-refractivity contribution is 0.0746. The average Bonchev–Trinajstić information content (AvgIpc) is 3.34. The van der Waals surface area contributed by atoms with E-state index in [1.165, 1.54) is 0 Å². The first-order valence-electron chi connectivity index (χ1n) is 9.35. The van der Waals surface area contributed by atoms with Crippen LogP contribution in [0, 0.1) is 0 Å². The van der Waals surface area contributed by atoms with E-state index in [4.69, 9.17) is 0 Å². The van der Waals surface area contributed by atoms with Crippen molar-refractivity contribution in [1.29, 1.82) is 0 Å². The molecular weight excluding hydrogens is 368 g/mol. The highest BCUT2D eigenvalue weighted by molar-refractivity contribution is 5.97. The molecule has 0 N–H and O–H groups in total. The number of rotatable bonds is 3. The Morgan fingerprint density at radius 3 is 2.41 bits per heavy atom. The van der Waals surface area contributed by atoms with Crippen LogP contribution in [-0.2, 0) is 0 Å². The van der Waals surface area contributed by atoms with E-state index < -0.39 is 0 Å². The zero-order valence-corrected chi connectivity index (χ0v) is 15.6. The van der Waals surface area contributed by atoms with Crippen LogP contribution >= 0.6 is 0 Å². The maximum Gasteiger partial charge on any atom is 0.254 e. The topological polar surface area (TPSA) is 92.9 Å². The predicted octanol–water partition coefficient (Wildman–Crippen LogP) is 1.57. The number of anilines is 1. The summed E-state index contributed by atoms with van der Waals surface area (Å²) in [5, 5.41) is 4.21. The van der Waals surface area contributed by atoms with Crippen LogP contribution in [0.5, 0.6) is 0 Å². The molecule has 9 nitrogen and oxygen atoms in total. The Bertz CT molecular complexity index is 1150. The summed E-state index contributed by atoms with van der Waals surface area (Å²) in [5.41, 5.74) is 2.14. The van der Waals surface area contributed by atoms with Crippen LogP contribution in [0.3, 0.4) is 0 Å². The third kappa shape index (κ3) is 3.38. The fourth-order valence-electron chi connectivity index (χ4n) is 3.46. The molecular formula is C20H18N8O. The summed E-state index contributed by atoms with van der Waals surface area (Å²) in [6, 6.07) is 9.21. The van der Waals surface area contributed by atoms with E-state index >= 15 is 0 Å². The molecule has 0 atom stereocenters. The third-order valence-corrected chi connectivity index (χ3v) is 4.98. The molecule has 4 heterocycles. The first-order valence-corrected chi connectivity index (χ1v) is 9.35. The molecule has 0 spiro atoms. The van der Waals surface area contributed by atoms with Gasteiger partial charge in [0.05, 0.1) is 11.0 Å². The van der Waals surface area contributed by atoms with Gasteiger partial charge in [0.15, 0.2) is 5.82 Å². The second kappa shape index (κ2) is 7.27. The van der Waals surface area contributed by atoms with E-state index in [0.717, 1.165) is 22.7 Å². The monoisotopic (exact) mass is 386 g/mol. The van der Waals surface area contributed by atoms with Gasteiger partial charge in [0, 0.05) is 62.6 Å². The molecule has 4 aromatic rings. The standard InChI is InChI=1S/C20H18N8O/c29-20(15-2-3-16-17(12-15)22-6-5-21-16)27-10-8-26(9-11-27)18-13-19(24-14-23-18)28-7-1-4-25-28/h1-7,12-14H,8-11H2. The van der Waals surface area contributed by atoms with Crippen molar-refractivity contribution < 1.29 is 4.79 Å². The van der Waals surface area contributed by atoms with Gasteiger partial charge in [-0.3, -0.25) is 14.8 Å². The Hall–Kier alpha value is -3.88. The number of hydrogen-bond donors (Lipinski definition) is 0. The highest BCUT2D eigenvalue weighted by Gasteiger charge is 2.23. The molecule has 144 valence electrons. The molecule has 1 aromatic carbocycles. The summed E-state index contributed by atoms with van der Waals surface area (Å²) in [6.07, 6.45) is 8.38. The number of nitrogens with zero attached hydrogens (tertiary/aromatic N) is 8. The summed E-state index contributed by atoms with van der Waals surface area (Å²) >= 11 is 0. The van der Waals surface area contributed by atoms with Crippen molar-refractivity contribution in [2.75, 3.05) is 31.1 Å². The molecule has 1 saturated heterocycles. The van der Waals surface area contributed by atoms with Gasteiger partial charge in [-0.25, -0.2) is 14.6 Å². The van der Waals surface area contributed by atoms with Crippen molar-refractivity contribution in [2.45, 2.75) is 0 Å². The van der Waals surface area contributed by atoms with Crippen LogP contribution in [0.1, 0.15) is 10.4 Å². The summed E-state index contributed by atoms with van der Waals surface area (Å²) in [6.45, 7) is 2.65.